The molecule has 2 heterocycles. The molecular formula is C28H31N3O8. The second-order valence-corrected chi connectivity index (χ2v) is 9.89. The van der Waals surface area contributed by atoms with Crippen LogP contribution in [0.25, 0.3) is 0 Å². The van der Waals surface area contributed by atoms with E-state index in [0.717, 1.165) is 4.57 Å². The number of esters is 1. The fourth-order valence-electron chi connectivity index (χ4n) is 4.33. The normalized spacial score (nSPS) is 23.5. The van der Waals surface area contributed by atoms with Crippen LogP contribution in [0.5, 0.6) is 0 Å². The van der Waals surface area contributed by atoms with E-state index in [1.807, 2.05) is 0 Å². The minimum absolute atomic E-state index is 0.00559. The molecule has 1 unspecified atom stereocenters. The third-order valence-corrected chi connectivity index (χ3v) is 6.18. The van der Waals surface area contributed by atoms with Crippen LogP contribution in [0.4, 0.5) is 5.82 Å². The number of aliphatic hydroxyl groups is 2. The minimum atomic E-state index is -1.72. The Morgan fingerprint density at radius 2 is 1.69 bits per heavy atom. The Morgan fingerprint density at radius 3 is 2.28 bits per heavy atom. The number of benzene rings is 2. The van der Waals surface area contributed by atoms with Gasteiger partial charge < -0.3 is 29.7 Å². The molecule has 1 aromatic heterocycles. The largest absolute Gasteiger partial charge is 0.448 e. The van der Waals surface area contributed by atoms with Crippen molar-refractivity contribution in [2.24, 2.45) is 0 Å². The second kappa shape index (κ2) is 11.5. The SMILES string of the molecule is CC(C)(O)OC1C[C@H](O)CO[C@@H](n2ccc(NC(=O)c3ccccc3)nc2=O)[C@]1(C)OC(=O)c1ccccc1. The van der Waals surface area contributed by atoms with Gasteiger partial charge in [0, 0.05) is 18.2 Å². The second-order valence-electron chi connectivity index (χ2n) is 9.89. The lowest BCUT2D eigenvalue weighted by Gasteiger charge is -2.42. The Labute approximate surface area is 225 Å². The first-order chi connectivity index (χ1) is 18.5. The average Bonchev–Trinajstić information content (AvgIpc) is 3.00. The highest BCUT2D eigenvalue weighted by molar-refractivity contribution is 6.03. The molecule has 0 saturated carbocycles. The van der Waals surface area contributed by atoms with Crippen molar-refractivity contribution in [2.75, 3.05) is 11.9 Å². The predicted octanol–water partition coefficient (Wildman–Crippen LogP) is 2.50. The quantitative estimate of drug-likeness (QED) is 0.305. The molecule has 1 fully saturated rings. The maximum atomic E-state index is 13.2. The van der Waals surface area contributed by atoms with Gasteiger partial charge >= 0.3 is 11.7 Å². The summed E-state index contributed by atoms with van der Waals surface area (Å²) >= 11 is 0. The summed E-state index contributed by atoms with van der Waals surface area (Å²) in [5, 5.41) is 23.6. The van der Waals surface area contributed by atoms with Crippen molar-refractivity contribution in [2.45, 2.75) is 57.0 Å². The van der Waals surface area contributed by atoms with Crippen LogP contribution in [0, 0.1) is 0 Å². The highest BCUT2D eigenvalue weighted by atomic mass is 16.7. The van der Waals surface area contributed by atoms with E-state index in [9.17, 15) is 24.6 Å². The number of hydrogen-bond donors (Lipinski definition) is 3. The number of rotatable bonds is 7. The van der Waals surface area contributed by atoms with Crippen molar-refractivity contribution in [1.29, 1.82) is 0 Å². The van der Waals surface area contributed by atoms with Crippen molar-refractivity contribution >= 4 is 17.7 Å². The van der Waals surface area contributed by atoms with Crippen LogP contribution in [-0.2, 0) is 14.2 Å². The number of nitrogens with zero attached hydrogens (tertiary/aromatic N) is 2. The first kappa shape index (κ1) is 28.1. The summed E-state index contributed by atoms with van der Waals surface area (Å²) in [5.74, 6) is -2.84. The van der Waals surface area contributed by atoms with Gasteiger partial charge in [0.1, 0.15) is 11.9 Å². The highest BCUT2D eigenvalue weighted by Gasteiger charge is 2.52. The van der Waals surface area contributed by atoms with Gasteiger partial charge in [0.05, 0.1) is 18.3 Å². The number of aliphatic hydroxyl groups excluding tert-OH is 1. The number of ether oxygens (including phenoxy) is 3. The molecule has 11 nitrogen and oxygen atoms in total. The summed E-state index contributed by atoms with van der Waals surface area (Å²) < 4.78 is 18.8. The van der Waals surface area contributed by atoms with Gasteiger partial charge in [-0.2, -0.15) is 4.98 Å². The van der Waals surface area contributed by atoms with Gasteiger partial charge in [-0.25, -0.2) is 9.59 Å². The summed E-state index contributed by atoms with van der Waals surface area (Å²) in [5.41, 5.74) is -1.90. The van der Waals surface area contributed by atoms with Crippen LogP contribution in [0.1, 0.15) is 54.1 Å². The Bertz CT molecular complexity index is 1360. The lowest BCUT2D eigenvalue weighted by atomic mass is 9.92. The van der Waals surface area contributed by atoms with Crippen molar-refractivity contribution in [3.63, 3.8) is 0 Å². The van der Waals surface area contributed by atoms with E-state index >= 15 is 0 Å². The van der Waals surface area contributed by atoms with E-state index in [2.05, 4.69) is 10.3 Å². The van der Waals surface area contributed by atoms with Gasteiger partial charge in [-0.05, 0) is 51.1 Å². The first-order valence-corrected chi connectivity index (χ1v) is 12.4. The van der Waals surface area contributed by atoms with Crippen molar-refractivity contribution in [1.82, 2.24) is 9.55 Å². The fraction of sp³-hybridized carbons (Fsp3) is 0.357. The lowest BCUT2D eigenvalue weighted by molar-refractivity contribution is -0.265. The molecule has 3 aromatic rings. The Balaban J connectivity index is 1.71. The topological polar surface area (TPSA) is 149 Å². The smallest absolute Gasteiger partial charge is 0.351 e. The molecule has 4 atom stereocenters. The highest BCUT2D eigenvalue weighted by Crippen LogP contribution is 2.39. The maximum absolute atomic E-state index is 13.2. The number of hydrogen-bond acceptors (Lipinski definition) is 9. The molecule has 1 amide bonds. The lowest BCUT2D eigenvalue weighted by Crippen LogP contribution is -2.55. The summed E-state index contributed by atoms with van der Waals surface area (Å²) in [7, 11) is 0. The zero-order valence-corrected chi connectivity index (χ0v) is 21.8. The van der Waals surface area contributed by atoms with Gasteiger partial charge in [0.25, 0.3) is 5.91 Å². The Kier molecular flexibility index (Phi) is 8.26. The van der Waals surface area contributed by atoms with Gasteiger partial charge in [-0.3, -0.25) is 9.36 Å². The molecule has 0 aliphatic carbocycles. The molecular weight excluding hydrogens is 506 g/mol. The van der Waals surface area contributed by atoms with E-state index in [-0.39, 0.29) is 24.4 Å². The standard InChI is InChI=1S/C28H31N3O8/c1-27(2,36)38-21-16-20(32)17-37-25(28(21,3)39-24(34)19-12-8-5-9-13-19)31-15-14-22(30-26(31)35)29-23(33)18-10-6-4-7-11-18/h4-15,20-21,25,32,36H,16-17H2,1-3H3,(H,29,30,33,35)/t20-,21?,25+,28+/m0/s1. The van der Waals surface area contributed by atoms with E-state index < -0.39 is 47.4 Å². The number of anilines is 1. The van der Waals surface area contributed by atoms with Crippen molar-refractivity contribution < 1.29 is 34.0 Å². The third kappa shape index (κ3) is 6.76. The molecule has 4 rings (SSSR count). The van der Waals surface area contributed by atoms with E-state index in [4.69, 9.17) is 14.2 Å². The van der Waals surface area contributed by atoms with Crippen LogP contribution in [0.15, 0.2) is 77.7 Å². The zero-order valence-electron chi connectivity index (χ0n) is 21.8. The van der Waals surface area contributed by atoms with Gasteiger partial charge in [0.15, 0.2) is 17.6 Å². The fourth-order valence-corrected chi connectivity index (χ4v) is 4.33. The molecule has 0 radical (unpaired) electrons. The summed E-state index contributed by atoms with van der Waals surface area (Å²) in [6.07, 6.45) is -2.18. The monoisotopic (exact) mass is 537 g/mol. The average molecular weight is 538 g/mol. The van der Waals surface area contributed by atoms with Gasteiger partial charge in [0.2, 0.25) is 0 Å². The molecule has 11 heteroatoms. The predicted molar refractivity (Wildman–Crippen MR) is 140 cm³/mol. The molecule has 0 bridgehead atoms. The molecule has 206 valence electrons. The van der Waals surface area contributed by atoms with Crippen molar-refractivity contribution in [3.8, 4) is 0 Å². The molecule has 1 aliphatic heterocycles. The number of nitrogens with one attached hydrogen (secondary N) is 1. The number of amides is 1. The minimum Gasteiger partial charge on any atom is -0.448 e. The van der Waals surface area contributed by atoms with E-state index in [0.29, 0.717) is 5.56 Å². The molecule has 1 saturated heterocycles. The van der Waals surface area contributed by atoms with Crippen molar-refractivity contribution in [3.05, 3.63) is 94.5 Å². The number of aromatic nitrogens is 2. The Hall–Kier alpha value is -3.90. The van der Waals surface area contributed by atoms with Crippen LogP contribution < -0.4 is 11.0 Å². The van der Waals surface area contributed by atoms with E-state index in [1.54, 1.807) is 60.7 Å². The Morgan fingerprint density at radius 1 is 1.08 bits per heavy atom. The van der Waals surface area contributed by atoms with Gasteiger partial charge in [-0.1, -0.05) is 36.4 Å². The molecule has 2 aromatic carbocycles. The summed E-state index contributed by atoms with van der Waals surface area (Å²) in [6.45, 7) is 4.09. The molecule has 1 aliphatic rings. The number of carbonyl (C=O) groups excluding carboxylic acids is 2. The van der Waals surface area contributed by atoms with Crippen LogP contribution >= 0.6 is 0 Å². The molecule has 0 spiro atoms. The van der Waals surface area contributed by atoms with Gasteiger partial charge in [-0.15, -0.1) is 0 Å². The maximum Gasteiger partial charge on any atom is 0.351 e. The van der Waals surface area contributed by atoms with E-state index in [1.165, 1.54) is 33.0 Å². The van der Waals surface area contributed by atoms with Crippen LogP contribution in [0.2, 0.25) is 0 Å². The van der Waals surface area contributed by atoms with Crippen LogP contribution in [-0.4, -0.2) is 61.8 Å². The first-order valence-electron chi connectivity index (χ1n) is 12.4. The summed E-state index contributed by atoms with van der Waals surface area (Å²) in [6, 6.07) is 18.1. The molecule has 3 N–H and O–H groups in total. The number of carbonyl (C=O) groups is 2. The van der Waals surface area contributed by atoms with Crippen LogP contribution in [0.3, 0.4) is 0 Å². The summed E-state index contributed by atoms with van der Waals surface area (Å²) in [4.78, 5) is 42.9. The zero-order chi connectivity index (χ0) is 28.2. The third-order valence-electron chi connectivity index (χ3n) is 6.18. The molecule has 39 heavy (non-hydrogen) atoms.